The number of hydrogen-bond acceptors (Lipinski definition) is 6. The fourth-order valence-electron chi connectivity index (χ4n) is 1.38. The molecule has 0 saturated heterocycles. The lowest BCUT2D eigenvalue weighted by molar-refractivity contribution is -0.385. The molecule has 0 fully saturated rings. The summed E-state index contributed by atoms with van der Waals surface area (Å²) < 4.78 is 0. The van der Waals surface area contributed by atoms with Crippen molar-refractivity contribution in [3.8, 4) is 0 Å². The number of aromatic nitrogens is 2. The predicted molar refractivity (Wildman–Crippen MR) is 70.9 cm³/mol. The van der Waals surface area contributed by atoms with Gasteiger partial charge >= 0.3 is 5.69 Å². The molecule has 7 heteroatoms. The molecule has 1 aromatic heterocycles. The molecule has 1 unspecified atom stereocenters. The van der Waals surface area contributed by atoms with Crippen molar-refractivity contribution in [1.82, 2.24) is 9.97 Å². The van der Waals surface area contributed by atoms with Crippen molar-refractivity contribution in [3.63, 3.8) is 0 Å². The zero-order valence-corrected chi connectivity index (χ0v) is 11.3. The number of nitrogens with zero attached hydrogens (tertiary/aromatic N) is 3. The summed E-state index contributed by atoms with van der Waals surface area (Å²) in [4.78, 5) is 18.7. The molecule has 0 spiro atoms. The Morgan fingerprint density at radius 1 is 1.28 bits per heavy atom. The number of nitro groups is 1. The number of hydrogen-bond donors (Lipinski definition) is 2. The van der Waals surface area contributed by atoms with Crippen molar-refractivity contribution in [2.24, 2.45) is 5.92 Å². The Morgan fingerprint density at radius 2 is 1.89 bits per heavy atom. The van der Waals surface area contributed by atoms with Crippen LogP contribution in [-0.4, -0.2) is 28.0 Å². The van der Waals surface area contributed by atoms with Crippen molar-refractivity contribution >= 4 is 17.5 Å². The molecule has 0 aliphatic heterocycles. The maximum absolute atomic E-state index is 11.1. The van der Waals surface area contributed by atoms with E-state index in [0.717, 1.165) is 0 Å². The molecule has 2 N–H and O–H groups in total. The maximum atomic E-state index is 11.1. The van der Waals surface area contributed by atoms with E-state index in [2.05, 4.69) is 20.6 Å². The first kappa shape index (κ1) is 14.1. The van der Waals surface area contributed by atoms with E-state index in [1.807, 2.05) is 20.8 Å². The zero-order valence-electron chi connectivity index (χ0n) is 11.3. The van der Waals surface area contributed by atoms with E-state index in [9.17, 15) is 10.1 Å². The van der Waals surface area contributed by atoms with Crippen LogP contribution in [-0.2, 0) is 0 Å². The number of aryl methyl sites for hydroxylation is 1. The van der Waals surface area contributed by atoms with E-state index in [-0.39, 0.29) is 17.5 Å². The highest BCUT2D eigenvalue weighted by Gasteiger charge is 2.23. The van der Waals surface area contributed by atoms with E-state index in [4.69, 9.17) is 0 Å². The largest absolute Gasteiger partial charge is 0.361 e. The summed E-state index contributed by atoms with van der Waals surface area (Å²) in [5, 5.41) is 16.9. The van der Waals surface area contributed by atoms with Gasteiger partial charge in [0.15, 0.2) is 0 Å². The topological polar surface area (TPSA) is 93.0 Å². The lowest BCUT2D eigenvalue weighted by atomic mass is 10.1. The molecule has 0 saturated carbocycles. The number of rotatable bonds is 5. The molecule has 0 bridgehead atoms. The Balaban J connectivity index is 3.21. The van der Waals surface area contributed by atoms with Crippen LogP contribution >= 0.6 is 0 Å². The van der Waals surface area contributed by atoms with E-state index in [0.29, 0.717) is 17.6 Å². The van der Waals surface area contributed by atoms with Gasteiger partial charge in [-0.2, -0.15) is 4.98 Å². The summed E-state index contributed by atoms with van der Waals surface area (Å²) in [6.07, 6.45) is 0. The summed E-state index contributed by atoms with van der Waals surface area (Å²) in [6.45, 7) is 7.64. The highest BCUT2D eigenvalue weighted by atomic mass is 16.6. The van der Waals surface area contributed by atoms with Crippen molar-refractivity contribution in [3.05, 3.63) is 15.8 Å². The van der Waals surface area contributed by atoms with Crippen LogP contribution in [0.4, 0.5) is 17.5 Å². The Hall–Kier alpha value is -1.92. The Labute approximate surface area is 106 Å². The summed E-state index contributed by atoms with van der Waals surface area (Å²) in [5.74, 6) is 0.979. The van der Waals surface area contributed by atoms with Gasteiger partial charge in [-0.3, -0.25) is 10.1 Å². The van der Waals surface area contributed by atoms with Gasteiger partial charge in [-0.15, -0.1) is 0 Å². The minimum absolute atomic E-state index is 0.0681. The molecule has 18 heavy (non-hydrogen) atoms. The summed E-state index contributed by atoms with van der Waals surface area (Å²) in [7, 11) is 1.68. The van der Waals surface area contributed by atoms with Crippen LogP contribution in [0.1, 0.15) is 26.5 Å². The maximum Gasteiger partial charge on any atom is 0.332 e. The lowest BCUT2D eigenvalue weighted by Gasteiger charge is -2.18. The van der Waals surface area contributed by atoms with E-state index in [1.165, 1.54) is 0 Å². The Kier molecular flexibility index (Phi) is 4.41. The van der Waals surface area contributed by atoms with Crippen LogP contribution in [0.15, 0.2) is 0 Å². The van der Waals surface area contributed by atoms with Gasteiger partial charge < -0.3 is 10.6 Å². The van der Waals surface area contributed by atoms with E-state index >= 15 is 0 Å². The average Bonchev–Trinajstić information content (AvgIpc) is 2.27. The quantitative estimate of drug-likeness (QED) is 0.617. The molecular weight excluding hydrogens is 234 g/mol. The van der Waals surface area contributed by atoms with Gasteiger partial charge in [0.2, 0.25) is 11.8 Å². The van der Waals surface area contributed by atoms with Crippen molar-refractivity contribution in [2.45, 2.75) is 33.7 Å². The standard InChI is InChI=1S/C11H19N5O2/c1-6(2)7(3)13-10-9(16(17)18)8(4)14-11(12-5)15-10/h6-7H,1-5H3,(H2,12,13,14,15). The first-order valence-electron chi connectivity index (χ1n) is 5.84. The van der Waals surface area contributed by atoms with Crippen LogP contribution in [0.25, 0.3) is 0 Å². The number of nitrogens with one attached hydrogen (secondary N) is 2. The predicted octanol–water partition coefficient (Wildman–Crippen LogP) is 2.19. The highest BCUT2D eigenvalue weighted by molar-refractivity contribution is 5.61. The smallest absolute Gasteiger partial charge is 0.332 e. The minimum Gasteiger partial charge on any atom is -0.361 e. The fourth-order valence-corrected chi connectivity index (χ4v) is 1.38. The SMILES string of the molecule is CNc1nc(C)c([N+](=O)[O-])c(NC(C)C(C)C)n1. The van der Waals surface area contributed by atoms with Gasteiger partial charge in [0.05, 0.1) is 4.92 Å². The Bertz CT molecular complexity index is 447. The van der Waals surface area contributed by atoms with Gasteiger partial charge in [0.25, 0.3) is 0 Å². The molecular formula is C11H19N5O2. The first-order chi connectivity index (χ1) is 8.36. The van der Waals surface area contributed by atoms with Crippen LogP contribution in [0, 0.1) is 23.0 Å². The van der Waals surface area contributed by atoms with E-state index < -0.39 is 4.92 Å². The summed E-state index contributed by atoms with van der Waals surface area (Å²) in [6, 6.07) is 0.0858. The van der Waals surface area contributed by atoms with Gasteiger partial charge in [-0.1, -0.05) is 13.8 Å². The van der Waals surface area contributed by atoms with Gasteiger partial charge in [0.1, 0.15) is 5.69 Å². The van der Waals surface area contributed by atoms with Crippen molar-refractivity contribution in [2.75, 3.05) is 17.7 Å². The van der Waals surface area contributed by atoms with Crippen LogP contribution in [0.3, 0.4) is 0 Å². The summed E-state index contributed by atoms with van der Waals surface area (Å²) >= 11 is 0. The monoisotopic (exact) mass is 253 g/mol. The second-order valence-corrected chi connectivity index (χ2v) is 4.51. The Morgan fingerprint density at radius 3 is 2.33 bits per heavy atom. The summed E-state index contributed by atoms with van der Waals surface area (Å²) in [5.41, 5.74) is 0.277. The second-order valence-electron chi connectivity index (χ2n) is 4.51. The molecule has 0 aliphatic carbocycles. The first-order valence-corrected chi connectivity index (χ1v) is 5.84. The molecule has 0 radical (unpaired) electrons. The lowest BCUT2D eigenvalue weighted by Crippen LogP contribution is -2.23. The van der Waals surface area contributed by atoms with Crippen molar-refractivity contribution < 1.29 is 4.92 Å². The van der Waals surface area contributed by atoms with Crippen molar-refractivity contribution in [1.29, 1.82) is 0 Å². The molecule has 7 nitrogen and oxygen atoms in total. The normalized spacial score (nSPS) is 12.3. The van der Waals surface area contributed by atoms with Gasteiger partial charge in [-0.25, -0.2) is 4.98 Å². The molecule has 1 atom stereocenters. The third-order valence-corrected chi connectivity index (χ3v) is 2.83. The molecule has 1 aromatic rings. The second kappa shape index (κ2) is 5.61. The zero-order chi connectivity index (χ0) is 13.9. The number of anilines is 2. The third kappa shape index (κ3) is 3.06. The molecule has 100 valence electrons. The van der Waals surface area contributed by atoms with Gasteiger partial charge in [-0.05, 0) is 19.8 Å². The third-order valence-electron chi connectivity index (χ3n) is 2.83. The van der Waals surface area contributed by atoms with Crippen LogP contribution < -0.4 is 10.6 Å². The highest BCUT2D eigenvalue weighted by Crippen LogP contribution is 2.27. The molecule has 1 heterocycles. The molecule has 1 rings (SSSR count). The van der Waals surface area contributed by atoms with E-state index in [1.54, 1.807) is 14.0 Å². The average molecular weight is 253 g/mol. The minimum atomic E-state index is -0.454. The molecule has 0 amide bonds. The van der Waals surface area contributed by atoms with Crippen LogP contribution in [0.2, 0.25) is 0 Å². The van der Waals surface area contributed by atoms with Crippen LogP contribution in [0.5, 0.6) is 0 Å². The van der Waals surface area contributed by atoms with Gasteiger partial charge in [0, 0.05) is 13.1 Å². The molecule has 0 aliphatic rings. The fraction of sp³-hybridized carbons (Fsp3) is 0.636. The molecule has 0 aromatic carbocycles.